The number of aliphatic hydroxyl groups excluding tert-OH is 1. The van der Waals surface area contributed by atoms with Crippen molar-refractivity contribution in [2.24, 2.45) is 5.92 Å². The van der Waals surface area contributed by atoms with Crippen molar-refractivity contribution in [1.29, 1.82) is 0 Å². The van der Waals surface area contributed by atoms with Crippen LogP contribution in [-0.2, 0) is 6.54 Å². The summed E-state index contributed by atoms with van der Waals surface area (Å²) >= 11 is 0. The monoisotopic (exact) mass is 352 g/mol. The Morgan fingerprint density at radius 1 is 1.19 bits per heavy atom. The molecule has 1 aliphatic carbocycles. The van der Waals surface area contributed by atoms with Gasteiger partial charge in [-0.05, 0) is 37.0 Å². The zero-order valence-corrected chi connectivity index (χ0v) is 14.1. The smallest absolute Gasteiger partial charge is 0.253 e. The van der Waals surface area contributed by atoms with Crippen LogP contribution in [0.3, 0.4) is 0 Å². The van der Waals surface area contributed by atoms with E-state index in [0.29, 0.717) is 17.7 Å². The van der Waals surface area contributed by atoms with E-state index in [2.05, 4.69) is 20.5 Å². The summed E-state index contributed by atoms with van der Waals surface area (Å²) in [6.07, 6.45) is 11.0. The number of nitrogens with one attached hydrogen (secondary N) is 1. The van der Waals surface area contributed by atoms with Crippen LogP contribution in [-0.4, -0.2) is 47.7 Å². The second kappa shape index (κ2) is 7.09. The first-order valence-corrected chi connectivity index (χ1v) is 8.61. The van der Waals surface area contributed by atoms with Gasteiger partial charge in [-0.25, -0.2) is 4.68 Å². The Bertz CT molecular complexity index is 862. The molecule has 1 amide bonds. The molecule has 1 unspecified atom stereocenters. The summed E-state index contributed by atoms with van der Waals surface area (Å²) in [5.74, 6) is 0.0416. The Morgan fingerprint density at radius 2 is 2.04 bits per heavy atom. The van der Waals surface area contributed by atoms with Gasteiger partial charge in [0.1, 0.15) is 0 Å². The Morgan fingerprint density at radius 3 is 2.81 bits per heavy atom. The van der Waals surface area contributed by atoms with Crippen LogP contribution in [0, 0.1) is 5.92 Å². The van der Waals surface area contributed by atoms with Gasteiger partial charge in [0.2, 0.25) is 0 Å². The van der Waals surface area contributed by atoms with Crippen molar-refractivity contribution >= 4 is 5.91 Å². The molecule has 3 heterocycles. The highest BCUT2D eigenvalue weighted by molar-refractivity contribution is 5.97. The lowest BCUT2D eigenvalue weighted by molar-refractivity contribution is 0.0872. The van der Waals surface area contributed by atoms with Gasteiger partial charge in [0, 0.05) is 37.5 Å². The number of carbonyl (C=O) groups excluding carboxylic acids is 1. The van der Waals surface area contributed by atoms with Crippen molar-refractivity contribution in [3.63, 3.8) is 0 Å². The van der Waals surface area contributed by atoms with Gasteiger partial charge in [0.25, 0.3) is 5.91 Å². The molecule has 0 bridgehead atoms. The maximum Gasteiger partial charge on any atom is 0.253 e. The zero-order chi connectivity index (χ0) is 17.9. The van der Waals surface area contributed by atoms with Crippen LogP contribution < -0.4 is 5.32 Å². The molecule has 0 aromatic carbocycles. The number of amides is 1. The molecular formula is C18H20N6O2. The lowest BCUT2D eigenvalue weighted by atomic mass is 10.1. The Labute approximate surface area is 150 Å². The number of hydrogen-bond donors (Lipinski definition) is 2. The zero-order valence-electron chi connectivity index (χ0n) is 14.1. The molecule has 1 fully saturated rings. The van der Waals surface area contributed by atoms with E-state index in [1.54, 1.807) is 47.8 Å². The van der Waals surface area contributed by atoms with Gasteiger partial charge in [0.05, 0.1) is 29.6 Å². The fraction of sp³-hybridized carbons (Fsp3) is 0.333. The molecule has 8 heteroatoms. The molecule has 0 radical (unpaired) electrons. The first kappa shape index (κ1) is 16.5. The lowest BCUT2D eigenvalue weighted by Gasteiger charge is -2.17. The second-order valence-corrected chi connectivity index (χ2v) is 6.56. The molecule has 3 aromatic rings. The second-order valence-electron chi connectivity index (χ2n) is 6.56. The summed E-state index contributed by atoms with van der Waals surface area (Å²) in [6.45, 7) is 0.740. The van der Waals surface area contributed by atoms with E-state index in [1.807, 2.05) is 16.9 Å². The molecule has 2 N–H and O–H groups in total. The largest absolute Gasteiger partial charge is 0.391 e. The molecule has 134 valence electrons. The number of rotatable bonds is 5. The van der Waals surface area contributed by atoms with Crippen molar-refractivity contribution in [2.45, 2.75) is 31.5 Å². The van der Waals surface area contributed by atoms with Crippen LogP contribution in [0.2, 0.25) is 0 Å². The van der Waals surface area contributed by atoms with Crippen LogP contribution in [0.4, 0.5) is 0 Å². The molecule has 0 aliphatic heterocycles. The normalized spacial score (nSPS) is 22.4. The van der Waals surface area contributed by atoms with E-state index in [-0.39, 0.29) is 17.9 Å². The molecule has 26 heavy (non-hydrogen) atoms. The van der Waals surface area contributed by atoms with Crippen LogP contribution in [0.15, 0.2) is 55.4 Å². The van der Waals surface area contributed by atoms with E-state index in [1.165, 1.54) is 0 Å². The molecule has 1 aliphatic rings. The van der Waals surface area contributed by atoms with Crippen molar-refractivity contribution in [1.82, 2.24) is 29.9 Å². The molecule has 0 saturated heterocycles. The topological polar surface area (TPSA) is 97.9 Å². The van der Waals surface area contributed by atoms with Gasteiger partial charge in [-0.1, -0.05) is 0 Å². The molecule has 1 saturated carbocycles. The Kier molecular flexibility index (Phi) is 4.49. The summed E-state index contributed by atoms with van der Waals surface area (Å²) < 4.78 is 3.47. The average molecular weight is 352 g/mol. The van der Waals surface area contributed by atoms with Gasteiger partial charge < -0.3 is 10.4 Å². The summed E-state index contributed by atoms with van der Waals surface area (Å²) in [7, 11) is 0. The third-order valence-corrected chi connectivity index (χ3v) is 4.74. The summed E-state index contributed by atoms with van der Waals surface area (Å²) in [6, 6.07) is 5.05. The standard InChI is InChI=1S/C18H20N6O2/c25-17-10-13(12-23-7-1-4-20-23)9-15(17)22-18(26)14-3-6-19-11-16(14)24-8-2-5-21-24/h1-8,11,13,15,17,25H,9-10,12H2,(H,22,26)/t13?,15-,17-/m1/s1. The highest BCUT2D eigenvalue weighted by atomic mass is 16.3. The number of carbonyl (C=O) groups is 1. The maximum atomic E-state index is 12.8. The molecular weight excluding hydrogens is 332 g/mol. The van der Waals surface area contributed by atoms with Crippen molar-refractivity contribution in [2.75, 3.05) is 0 Å². The fourth-order valence-corrected chi connectivity index (χ4v) is 3.51. The summed E-state index contributed by atoms with van der Waals surface area (Å²) in [4.78, 5) is 16.9. The highest BCUT2D eigenvalue weighted by Gasteiger charge is 2.34. The Hall–Kier alpha value is -3.00. The van der Waals surface area contributed by atoms with Crippen molar-refractivity contribution in [3.05, 3.63) is 60.9 Å². The third kappa shape index (κ3) is 3.36. The highest BCUT2D eigenvalue weighted by Crippen LogP contribution is 2.28. The number of nitrogens with zero attached hydrogens (tertiary/aromatic N) is 5. The molecule has 3 atom stereocenters. The minimum absolute atomic E-state index is 0.235. The van der Waals surface area contributed by atoms with Crippen LogP contribution >= 0.6 is 0 Å². The van der Waals surface area contributed by atoms with E-state index in [0.717, 1.165) is 13.0 Å². The Balaban J connectivity index is 1.45. The predicted octanol–water partition coefficient (Wildman–Crippen LogP) is 1.03. The number of aromatic nitrogens is 5. The molecule has 4 rings (SSSR count). The van der Waals surface area contributed by atoms with Crippen molar-refractivity contribution < 1.29 is 9.90 Å². The van der Waals surface area contributed by atoms with E-state index in [4.69, 9.17) is 0 Å². The predicted molar refractivity (Wildman–Crippen MR) is 93.6 cm³/mol. The van der Waals surface area contributed by atoms with E-state index < -0.39 is 6.10 Å². The quantitative estimate of drug-likeness (QED) is 0.715. The first-order chi connectivity index (χ1) is 12.7. The van der Waals surface area contributed by atoms with Crippen LogP contribution in [0.25, 0.3) is 5.69 Å². The summed E-state index contributed by atoms with van der Waals surface area (Å²) in [5.41, 5.74) is 1.09. The van der Waals surface area contributed by atoms with Gasteiger partial charge in [-0.3, -0.25) is 14.5 Å². The fourth-order valence-electron chi connectivity index (χ4n) is 3.51. The molecule has 3 aromatic heterocycles. The van der Waals surface area contributed by atoms with Gasteiger partial charge in [-0.2, -0.15) is 10.2 Å². The minimum Gasteiger partial charge on any atom is -0.391 e. The van der Waals surface area contributed by atoms with Gasteiger partial charge >= 0.3 is 0 Å². The minimum atomic E-state index is -0.561. The molecule has 0 spiro atoms. The number of hydrogen-bond acceptors (Lipinski definition) is 5. The first-order valence-electron chi connectivity index (χ1n) is 8.61. The lowest BCUT2D eigenvalue weighted by Crippen LogP contribution is -2.40. The number of pyridine rings is 1. The van der Waals surface area contributed by atoms with Crippen LogP contribution in [0.5, 0.6) is 0 Å². The maximum absolute atomic E-state index is 12.8. The third-order valence-electron chi connectivity index (χ3n) is 4.74. The SMILES string of the molecule is O=C(N[C@@H]1CC(Cn2cccn2)C[C@H]1O)c1ccncc1-n1cccn1. The van der Waals surface area contributed by atoms with Crippen molar-refractivity contribution in [3.8, 4) is 5.69 Å². The summed E-state index contributed by atoms with van der Waals surface area (Å²) in [5, 5.41) is 21.7. The van der Waals surface area contributed by atoms with E-state index >= 15 is 0 Å². The average Bonchev–Trinajstić information content (AvgIpc) is 3.39. The van der Waals surface area contributed by atoms with Gasteiger partial charge in [0.15, 0.2) is 0 Å². The van der Waals surface area contributed by atoms with Gasteiger partial charge in [-0.15, -0.1) is 0 Å². The van der Waals surface area contributed by atoms with Crippen LogP contribution in [0.1, 0.15) is 23.2 Å². The number of aliphatic hydroxyl groups is 1. The molecule has 8 nitrogen and oxygen atoms in total. The van der Waals surface area contributed by atoms with E-state index in [9.17, 15) is 9.90 Å².